The lowest BCUT2D eigenvalue weighted by molar-refractivity contribution is -0.129. The lowest BCUT2D eigenvalue weighted by Crippen LogP contribution is -2.37. The third-order valence-electron chi connectivity index (χ3n) is 3.19. The molecule has 1 aliphatic rings. The van der Waals surface area contributed by atoms with E-state index in [4.69, 9.17) is 0 Å². The van der Waals surface area contributed by atoms with Gasteiger partial charge in [0.1, 0.15) is 0 Å². The van der Waals surface area contributed by atoms with Gasteiger partial charge in [-0.25, -0.2) is 0 Å². The van der Waals surface area contributed by atoms with Crippen LogP contribution in [0.1, 0.15) is 33.1 Å². The third kappa shape index (κ3) is 3.18. The summed E-state index contributed by atoms with van der Waals surface area (Å²) in [5.74, 6) is 0.197. The molecule has 2 unspecified atom stereocenters. The molecule has 0 aliphatic carbocycles. The number of hydrogen-bond acceptors (Lipinski definition) is 3. The number of β-amino-alcohol motifs (C(OH)–C–C–N with tert-alkyl or cyclic N) is 2. The Morgan fingerprint density at radius 2 is 2.07 bits per heavy atom. The topological polar surface area (TPSA) is 60.8 Å². The second kappa shape index (κ2) is 5.47. The lowest BCUT2D eigenvalue weighted by atomic mass is 9.96. The van der Waals surface area contributed by atoms with Gasteiger partial charge in [-0.15, -0.1) is 0 Å². The second-order valence-corrected chi connectivity index (χ2v) is 4.30. The predicted octanol–water partition coefficient (Wildman–Crippen LogP) is 0.377. The van der Waals surface area contributed by atoms with E-state index >= 15 is 0 Å². The van der Waals surface area contributed by atoms with Crippen molar-refractivity contribution in [2.45, 2.75) is 45.3 Å². The quantitative estimate of drug-likeness (QED) is 0.697. The zero-order valence-electron chi connectivity index (χ0n) is 9.52. The molecule has 0 radical (unpaired) electrons. The highest BCUT2D eigenvalue weighted by atomic mass is 16.3. The molecular formula is C11H21NO3. The molecule has 1 rings (SSSR count). The molecule has 0 spiro atoms. The first kappa shape index (κ1) is 12.5. The van der Waals surface area contributed by atoms with Gasteiger partial charge in [0, 0.05) is 13.1 Å². The molecule has 0 aromatic carbocycles. The van der Waals surface area contributed by atoms with Gasteiger partial charge in [0.05, 0.1) is 18.6 Å². The fraction of sp³-hybridized carbons (Fsp3) is 0.909. The van der Waals surface area contributed by atoms with E-state index in [2.05, 4.69) is 0 Å². The summed E-state index contributed by atoms with van der Waals surface area (Å²) in [6.45, 7) is 4.81. The Kier molecular flexibility index (Phi) is 4.54. The van der Waals surface area contributed by atoms with Gasteiger partial charge >= 0.3 is 0 Å². The zero-order chi connectivity index (χ0) is 11.4. The van der Waals surface area contributed by atoms with Crippen molar-refractivity contribution in [1.82, 2.24) is 4.90 Å². The van der Waals surface area contributed by atoms with E-state index in [1.165, 1.54) is 0 Å². The lowest BCUT2D eigenvalue weighted by Gasteiger charge is -2.25. The van der Waals surface area contributed by atoms with Crippen molar-refractivity contribution in [3.05, 3.63) is 0 Å². The van der Waals surface area contributed by atoms with Gasteiger partial charge in [-0.1, -0.05) is 26.7 Å². The molecule has 0 saturated carbocycles. The summed E-state index contributed by atoms with van der Waals surface area (Å²) in [4.78, 5) is 12.9. The molecule has 1 aliphatic heterocycles. The second-order valence-electron chi connectivity index (χ2n) is 4.30. The maximum Gasteiger partial charge on any atom is 0.225 e. The molecule has 88 valence electrons. The van der Waals surface area contributed by atoms with Crippen molar-refractivity contribution in [1.29, 1.82) is 0 Å². The monoisotopic (exact) mass is 215 g/mol. The van der Waals surface area contributed by atoms with Gasteiger partial charge in [0.2, 0.25) is 5.91 Å². The maximum absolute atomic E-state index is 11.4. The van der Waals surface area contributed by atoms with Crippen LogP contribution in [-0.4, -0.2) is 46.3 Å². The molecule has 1 amide bonds. The number of hydrogen-bond donors (Lipinski definition) is 2. The summed E-state index contributed by atoms with van der Waals surface area (Å²) < 4.78 is 0. The van der Waals surface area contributed by atoms with E-state index in [1.54, 1.807) is 4.90 Å². The van der Waals surface area contributed by atoms with Crippen molar-refractivity contribution in [3.63, 3.8) is 0 Å². The highest BCUT2D eigenvalue weighted by Crippen LogP contribution is 2.17. The Balaban J connectivity index is 2.43. The SMILES string of the molecule is CCC(CC)C(O)CN1CC(O)CC1=O. The number of aliphatic hydroxyl groups is 2. The molecule has 4 nitrogen and oxygen atoms in total. The Hall–Kier alpha value is -0.610. The first-order valence-corrected chi connectivity index (χ1v) is 5.72. The van der Waals surface area contributed by atoms with Gasteiger partial charge < -0.3 is 15.1 Å². The standard InChI is InChI=1S/C11H21NO3/c1-3-8(4-2)10(14)7-12-6-9(13)5-11(12)15/h8-10,13-14H,3-7H2,1-2H3. The van der Waals surface area contributed by atoms with Crippen molar-refractivity contribution < 1.29 is 15.0 Å². The predicted molar refractivity (Wildman–Crippen MR) is 57.3 cm³/mol. The van der Waals surface area contributed by atoms with Crippen LogP contribution in [0.2, 0.25) is 0 Å². The average Bonchev–Trinajstić information content (AvgIpc) is 2.47. The van der Waals surface area contributed by atoms with E-state index in [0.29, 0.717) is 13.1 Å². The third-order valence-corrected chi connectivity index (χ3v) is 3.19. The van der Waals surface area contributed by atoms with Crippen LogP contribution in [0.3, 0.4) is 0 Å². The van der Waals surface area contributed by atoms with Crippen LogP contribution < -0.4 is 0 Å². The molecular weight excluding hydrogens is 194 g/mol. The number of aliphatic hydroxyl groups excluding tert-OH is 2. The fourth-order valence-electron chi connectivity index (χ4n) is 2.14. The van der Waals surface area contributed by atoms with Gasteiger partial charge in [-0.3, -0.25) is 4.79 Å². The molecule has 2 N–H and O–H groups in total. The smallest absolute Gasteiger partial charge is 0.225 e. The Morgan fingerprint density at radius 1 is 1.47 bits per heavy atom. The van der Waals surface area contributed by atoms with E-state index in [0.717, 1.165) is 12.8 Å². The largest absolute Gasteiger partial charge is 0.391 e. The first-order chi connectivity index (χ1) is 7.08. The summed E-state index contributed by atoms with van der Waals surface area (Å²) in [7, 11) is 0. The maximum atomic E-state index is 11.4. The number of likely N-dealkylation sites (tertiary alicyclic amines) is 1. The van der Waals surface area contributed by atoms with Crippen molar-refractivity contribution >= 4 is 5.91 Å². The first-order valence-electron chi connectivity index (χ1n) is 5.72. The summed E-state index contributed by atoms with van der Waals surface area (Å²) in [6.07, 6.45) is 1.03. The number of nitrogens with zero attached hydrogens (tertiary/aromatic N) is 1. The van der Waals surface area contributed by atoms with E-state index < -0.39 is 12.2 Å². The van der Waals surface area contributed by atoms with Crippen molar-refractivity contribution in [2.75, 3.05) is 13.1 Å². The van der Waals surface area contributed by atoms with Crippen LogP contribution in [-0.2, 0) is 4.79 Å². The molecule has 0 aromatic heterocycles. The summed E-state index contributed by atoms with van der Waals surface area (Å²) in [6, 6.07) is 0. The molecule has 0 bridgehead atoms. The highest BCUT2D eigenvalue weighted by molar-refractivity contribution is 5.79. The molecule has 1 fully saturated rings. The molecule has 2 atom stereocenters. The number of carbonyl (C=O) groups is 1. The zero-order valence-corrected chi connectivity index (χ0v) is 9.52. The number of amides is 1. The van der Waals surface area contributed by atoms with Crippen LogP contribution in [0.4, 0.5) is 0 Å². The summed E-state index contributed by atoms with van der Waals surface area (Å²) in [5, 5.41) is 19.2. The van der Waals surface area contributed by atoms with Gasteiger partial charge in [0.15, 0.2) is 0 Å². The molecule has 0 aromatic rings. The minimum Gasteiger partial charge on any atom is -0.391 e. The van der Waals surface area contributed by atoms with Gasteiger partial charge in [-0.05, 0) is 5.92 Å². The Morgan fingerprint density at radius 3 is 2.47 bits per heavy atom. The minimum atomic E-state index is -0.550. The Bertz CT molecular complexity index is 216. The molecule has 1 saturated heterocycles. The van der Waals surface area contributed by atoms with Crippen LogP contribution >= 0.6 is 0 Å². The number of rotatable bonds is 5. The van der Waals surface area contributed by atoms with Crippen LogP contribution in [0.15, 0.2) is 0 Å². The minimum absolute atomic E-state index is 0.0486. The van der Waals surface area contributed by atoms with Crippen molar-refractivity contribution in [2.24, 2.45) is 5.92 Å². The fourth-order valence-corrected chi connectivity index (χ4v) is 2.14. The van der Waals surface area contributed by atoms with Crippen molar-refractivity contribution in [3.8, 4) is 0 Å². The number of carbonyl (C=O) groups excluding carboxylic acids is 1. The van der Waals surface area contributed by atoms with Crippen LogP contribution in [0.25, 0.3) is 0 Å². The van der Waals surface area contributed by atoms with E-state index in [9.17, 15) is 15.0 Å². The Labute approximate surface area is 90.9 Å². The van der Waals surface area contributed by atoms with Crippen LogP contribution in [0.5, 0.6) is 0 Å². The normalized spacial score (nSPS) is 23.9. The summed E-state index contributed by atoms with van der Waals surface area (Å²) in [5.41, 5.74) is 0. The van der Waals surface area contributed by atoms with Crippen LogP contribution in [0, 0.1) is 5.92 Å². The highest BCUT2D eigenvalue weighted by Gasteiger charge is 2.30. The van der Waals surface area contributed by atoms with Gasteiger partial charge in [0.25, 0.3) is 0 Å². The summed E-state index contributed by atoms with van der Waals surface area (Å²) >= 11 is 0. The van der Waals surface area contributed by atoms with E-state index in [-0.39, 0.29) is 18.2 Å². The molecule has 15 heavy (non-hydrogen) atoms. The molecule has 4 heteroatoms. The molecule has 1 heterocycles. The van der Waals surface area contributed by atoms with E-state index in [1.807, 2.05) is 13.8 Å². The van der Waals surface area contributed by atoms with Gasteiger partial charge in [-0.2, -0.15) is 0 Å². The average molecular weight is 215 g/mol.